The van der Waals surface area contributed by atoms with Gasteiger partial charge in [-0.25, -0.2) is 0 Å². The van der Waals surface area contributed by atoms with Gasteiger partial charge < -0.3 is 4.74 Å². The standard InChI is InChI=1S/C11H10OS/c1-9-7-13-8-11(9)12-10-5-3-2-4-6-10/h2-8H,1H3. The summed E-state index contributed by atoms with van der Waals surface area (Å²) >= 11 is 1.66. The quantitative estimate of drug-likeness (QED) is 0.699. The van der Waals surface area contributed by atoms with Crippen LogP contribution in [-0.2, 0) is 0 Å². The molecule has 0 fully saturated rings. The Morgan fingerprint density at radius 3 is 2.46 bits per heavy atom. The third kappa shape index (κ3) is 1.90. The molecule has 0 aliphatic carbocycles. The van der Waals surface area contributed by atoms with Crippen molar-refractivity contribution in [3.8, 4) is 11.5 Å². The molecule has 1 nitrogen and oxygen atoms in total. The summed E-state index contributed by atoms with van der Waals surface area (Å²) in [6, 6.07) is 9.83. The molecule has 0 saturated heterocycles. The zero-order chi connectivity index (χ0) is 9.10. The molecule has 0 saturated carbocycles. The highest BCUT2D eigenvalue weighted by Crippen LogP contribution is 2.27. The second kappa shape index (κ2) is 3.62. The minimum Gasteiger partial charge on any atom is -0.456 e. The Kier molecular flexibility index (Phi) is 2.32. The van der Waals surface area contributed by atoms with Crippen LogP contribution in [0.3, 0.4) is 0 Å². The first-order valence-electron chi connectivity index (χ1n) is 4.12. The first kappa shape index (κ1) is 8.32. The van der Waals surface area contributed by atoms with Crippen LogP contribution >= 0.6 is 11.3 Å². The van der Waals surface area contributed by atoms with E-state index in [9.17, 15) is 0 Å². The van der Waals surface area contributed by atoms with Gasteiger partial charge in [0.1, 0.15) is 11.5 Å². The van der Waals surface area contributed by atoms with E-state index in [0.29, 0.717) is 0 Å². The second-order valence-corrected chi connectivity index (χ2v) is 3.58. The molecule has 2 heteroatoms. The van der Waals surface area contributed by atoms with Gasteiger partial charge in [0.15, 0.2) is 0 Å². The van der Waals surface area contributed by atoms with Crippen LogP contribution in [0.5, 0.6) is 11.5 Å². The highest BCUT2D eigenvalue weighted by atomic mass is 32.1. The average Bonchev–Trinajstić information content (AvgIpc) is 2.54. The van der Waals surface area contributed by atoms with Gasteiger partial charge >= 0.3 is 0 Å². The van der Waals surface area contributed by atoms with Gasteiger partial charge in [-0.05, 0) is 24.4 Å². The molecule has 0 unspecified atom stereocenters. The number of benzene rings is 1. The molecule has 66 valence electrons. The fourth-order valence-corrected chi connectivity index (χ4v) is 1.81. The van der Waals surface area contributed by atoms with Gasteiger partial charge in [-0.2, -0.15) is 0 Å². The molecule has 0 spiro atoms. The van der Waals surface area contributed by atoms with Crippen molar-refractivity contribution in [2.75, 3.05) is 0 Å². The van der Waals surface area contributed by atoms with E-state index in [1.165, 1.54) is 5.56 Å². The molecule has 0 bridgehead atoms. The predicted octanol–water partition coefficient (Wildman–Crippen LogP) is 3.85. The zero-order valence-corrected chi connectivity index (χ0v) is 8.17. The average molecular weight is 190 g/mol. The molecule has 2 aromatic rings. The van der Waals surface area contributed by atoms with Gasteiger partial charge in [-0.15, -0.1) is 11.3 Å². The van der Waals surface area contributed by atoms with Crippen LogP contribution in [0.2, 0.25) is 0 Å². The van der Waals surface area contributed by atoms with Crippen molar-refractivity contribution >= 4 is 11.3 Å². The van der Waals surface area contributed by atoms with E-state index >= 15 is 0 Å². The Balaban J connectivity index is 2.20. The van der Waals surface area contributed by atoms with E-state index in [0.717, 1.165) is 11.5 Å². The fourth-order valence-electron chi connectivity index (χ4n) is 1.07. The number of para-hydroxylation sites is 1. The molecule has 0 aliphatic heterocycles. The van der Waals surface area contributed by atoms with Crippen molar-refractivity contribution in [1.29, 1.82) is 0 Å². The summed E-state index contributed by atoms with van der Waals surface area (Å²) in [5, 5.41) is 4.10. The summed E-state index contributed by atoms with van der Waals surface area (Å²) in [5.74, 6) is 1.85. The minimum absolute atomic E-state index is 0.893. The van der Waals surface area contributed by atoms with Crippen LogP contribution in [0.1, 0.15) is 5.56 Å². The smallest absolute Gasteiger partial charge is 0.140 e. The predicted molar refractivity (Wildman–Crippen MR) is 55.6 cm³/mol. The lowest BCUT2D eigenvalue weighted by atomic mass is 10.3. The second-order valence-electron chi connectivity index (χ2n) is 2.83. The van der Waals surface area contributed by atoms with E-state index in [4.69, 9.17) is 4.74 Å². The molecule has 13 heavy (non-hydrogen) atoms. The van der Waals surface area contributed by atoms with Crippen LogP contribution in [0.4, 0.5) is 0 Å². The molecule has 0 N–H and O–H groups in total. The highest BCUT2D eigenvalue weighted by molar-refractivity contribution is 7.08. The largest absolute Gasteiger partial charge is 0.456 e. The Labute approximate surface area is 81.6 Å². The van der Waals surface area contributed by atoms with Gasteiger partial charge in [0, 0.05) is 10.9 Å². The van der Waals surface area contributed by atoms with Gasteiger partial charge in [-0.1, -0.05) is 18.2 Å². The van der Waals surface area contributed by atoms with Crippen molar-refractivity contribution in [2.24, 2.45) is 0 Å². The molecule has 0 radical (unpaired) electrons. The molecule has 0 atom stereocenters. The Hall–Kier alpha value is -1.28. The zero-order valence-electron chi connectivity index (χ0n) is 7.36. The van der Waals surface area contributed by atoms with Gasteiger partial charge in [-0.3, -0.25) is 0 Å². The van der Waals surface area contributed by atoms with E-state index in [-0.39, 0.29) is 0 Å². The van der Waals surface area contributed by atoms with Crippen LogP contribution in [0, 0.1) is 6.92 Å². The number of ether oxygens (including phenoxy) is 1. The molecule has 1 aromatic heterocycles. The number of hydrogen-bond acceptors (Lipinski definition) is 2. The summed E-state index contributed by atoms with van der Waals surface area (Å²) in [7, 11) is 0. The van der Waals surface area contributed by atoms with Crippen LogP contribution in [0.25, 0.3) is 0 Å². The van der Waals surface area contributed by atoms with Crippen LogP contribution in [-0.4, -0.2) is 0 Å². The summed E-state index contributed by atoms with van der Waals surface area (Å²) in [6.07, 6.45) is 0. The lowest BCUT2D eigenvalue weighted by molar-refractivity contribution is 0.481. The van der Waals surface area contributed by atoms with Gasteiger partial charge in [0.05, 0.1) is 0 Å². The third-order valence-corrected chi connectivity index (χ3v) is 2.62. The third-order valence-electron chi connectivity index (χ3n) is 1.78. The van der Waals surface area contributed by atoms with Gasteiger partial charge in [0.25, 0.3) is 0 Å². The molecule has 1 heterocycles. The lowest BCUT2D eigenvalue weighted by Gasteiger charge is -2.03. The molecular weight excluding hydrogens is 180 g/mol. The van der Waals surface area contributed by atoms with E-state index < -0.39 is 0 Å². The first-order valence-corrected chi connectivity index (χ1v) is 5.06. The van der Waals surface area contributed by atoms with E-state index in [2.05, 4.69) is 12.3 Å². The maximum Gasteiger partial charge on any atom is 0.140 e. The summed E-state index contributed by atoms with van der Waals surface area (Å²) in [6.45, 7) is 2.05. The summed E-state index contributed by atoms with van der Waals surface area (Å²) in [5.41, 5.74) is 1.19. The number of rotatable bonds is 2. The Morgan fingerprint density at radius 1 is 1.08 bits per heavy atom. The topological polar surface area (TPSA) is 9.23 Å². The Morgan fingerprint density at radius 2 is 1.85 bits per heavy atom. The fraction of sp³-hybridized carbons (Fsp3) is 0.0909. The molecule has 1 aromatic carbocycles. The minimum atomic E-state index is 0.893. The molecule has 0 amide bonds. The maximum atomic E-state index is 5.66. The van der Waals surface area contributed by atoms with Crippen molar-refractivity contribution in [1.82, 2.24) is 0 Å². The Bertz CT molecular complexity index is 378. The number of hydrogen-bond donors (Lipinski definition) is 0. The number of thiophene rings is 1. The lowest BCUT2D eigenvalue weighted by Crippen LogP contribution is -1.82. The molecular formula is C11H10OS. The van der Waals surface area contributed by atoms with E-state index in [1.807, 2.05) is 35.7 Å². The maximum absolute atomic E-state index is 5.66. The van der Waals surface area contributed by atoms with E-state index in [1.54, 1.807) is 11.3 Å². The molecule has 0 aliphatic rings. The summed E-state index contributed by atoms with van der Waals surface area (Å²) < 4.78 is 5.66. The van der Waals surface area contributed by atoms with Crippen LogP contribution < -0.4 is 4.74 Å². The van der Waals surface area contributed by atoms with Crippen molar-refractivity contribution in [3.05, 3.63) is 46.7 Å². The summed E-state index contributed by atoms with van der Waals surface area (Å²) in [4.78, 5) is 0. The highest BCUT2D eigenvalue weighted by Gasteiger charge is 2.00. The SMILES string of the molecule is Cc1cscc1Oc1ccccc1. The first-order chi connectivity index (χ1) is 6.36. The van der Waals surface area contributed by atoms with Crippen molar-refractivity contribution in [2.45, 2.75) is 6.92 Å². The normalized spacial score (nSPS) is 9.92. The van der Waals surface area contributed by atoms with Crippen molar-refractivity contribution in [3.63, 3.8) is 0 Å². The molecule has 2 rings (SSSR count). The van der Waals surface area contributed by atoms with Crippen molar-refractivity contribution < 1.29 is 4.74 Å². The monoisotopic (exact) mass is 190 g/mol. The van der Waals surface area contributed by atoms with Gasteiger partial charge in [0.2, 0.25) is 0 Å². The van der Waals surface area contributed by atoms with Crippen LogP contribution in [0.15, 0.2) is 41.1 Å². The number of aryl methyl sites for hydroxylation is 1.